The van der Waals surface area contributed by atoms with Crippen molar-refractivity contribution < 1.29 is 29.2 Å². The van der Waals surface area contributed by atoms with E-state index in [2.05, 4.69) is 20.3 Å². The summed E-state index contributed by atoms with van der Waals surface area (Å²) < 4.78 is 19.2. The van der Waals surface area contributed by atoms with Gasteiger partial charge in [-0.15, -0.1) is 0 Å². The summed E-state index contributed by atoms with van der Waals surface area (Å²) in [7, 11) is 3.21. The molecule has 1 unspecified atom stereocenters. The Bertz CT molecular complexity index is 1990. The summed E-state index contributed by atoms with van der Waals surface area (Å²) in [6.07, 6.45) is -1.07. The first kappa shape index (κ1) is 32.0. The standard InChI is InChI=1S/C38H35N5O6/c1-47-28-17-13-26(14-18-28)38(25-11-7-4-8-12-25,27-15-19-29(48-2)20-16-27)34(45)33-30(44)21-31(49-33)43-23-41-32-35(39-22-40-36(32)43)42-37(46)24-9-5-3-6-10-24/h3-20,22-23,30-31,33-34,44-45H,21H2,1-2H3,(H,39,40,42,46)/t30-,31+,33-,34?/m0/s1. The Balaban J connectivity index is 1.27. The van der Waals surface area contributed by atoms with Gasteiger partial charge in [0.1, 0.15) is 36.3 Å². The number of fused-ring (bicyclic) bond motifs is 1. The smallest absolute Gasteiger partial charge is 0.256 e. The number of imidazole rings is 1. The number of aliphatic hydroxyl groups is 2. The van der Waals surface area contributed by atoms with Gasteiger partial charge in [0.25, 0.3) is 5.91 Å². The summed E-state index contributed by atoms with van der Waals surface area (Å²) in [5.41, 5.74) is 2.41. The first-order valence-corrected chi connectivity index (χ1v) is 15.8. The molecule has 1 fully saturated rings. The van der Waals surface area contributed by atoms with Crippen LogP contribution in [0.3, 0.4) is 0 Å². The maximum Gasteiger partial charge on any atom is 0.256 e. The Morgan fingerprint density at radius 1 is 0.837 bits per heavy atom. The van der Waals surface area contributed by atoms with Gasteiger partial charge in [-0.3, -0.25) is 9.36 Å². The summed E-state index contributed by atoms with van der Waals surface area (Å²) in [6, 6.07) is 33.6. The molecule has 3 N–H and O–H groups in total. The van der Waals surface area contributed by atoms with Gasteiger partial charge >= 0.3 is 0 Å². The molecule has 0 bridgehead atoms. The molecule has 0 radical (unpaired) electrons. The van der Waals surface area contributed by atoms with E-state index >= 15 is 0 Å². The molecule has 49 heavy (non-hydrogen) atoms. The van der Waals surface area contributed by atoms with E-state index in [1.54, 1.807) is 49.4 Å². The Morgan fingerprint density at radius 3 is 2.00 bits per heavy atom. The van der Waals surface area contributed by atoms with E-state index in [-0.39, 0.29) is 18.1 Å². The molecule has 1 aliphatic rings. The molecule has 11 heteroatoms. The molecule has 0 spiro atoms. The van der Waals surface area contributed by atoms with E-state index in [1.807, 2.05) is 84.9 Å². The van der Waals surface area contributed by atoms with Crippen molar-refractivity contribution in [2.24, 2.45) is 0 Å². The van der Waals surface area contributed by atoms with Crippen LogP contribution in [0.1, 0.15) is 39.7 Å². The van der Waals surface area contributed by atoms with Gasteiger partial charge in [0.15, 0.2) is 17.0 Å². The minimum atomic E-state index is -1.28. The fourth-order valence-electron chi connectivity index (χ4n) is 6.72. The molecule has 4 atom stereocenters. The van der Waals surface area contributed by atoms with Crippen LogP contribution in [0.25, 0.3) is 11.2 Å². The van der Waals surface area contributed by atoms with E-state index in [1.165, 1.54) is 6.33 Å². The van der Waals surface area contributed by atoms with Gasteiger partial charge in [-0.25, -0.2) is 15.0 Å². The topological polar surface area (TPSA) is 141 Å². The second-order valence-electron chi connectivity index (χ2n) is 11.8. The van der Waals surface area contributed by atoms with E-state index in [9.17, 15) is 15.0 Å². The highest BCUT2D eigenvalue weighted by Crippen LogP contribution is 2.47. The Labute approximate surface area is 282 Å². The average Bonchev–Trinajstić information content (AvgIpc) is 3.77. The number of nitrogens with zero attached hydrogens (tertiary/aromatic N) is 4. The number of hydrogen-bond donors (Lipinski definition) is 3. The molecule has 1 saturated heterocycles. The Kier molecular flexibility index (Phi) is 8.79. The molecule has 1 amide bonds. The first-order chi connectivity index (χ1) is 23.9. The molecule has 248 valence electrons. The monoisotopic (exact) mass is 657 g/mol. The van der Waals surface area contributed by atoms with E-state index in [0.717, 1.165) is 16.7 Å². The van der Waals surface area contributed by atoms with Crippen LogP contribution < -0.4 is 14.8 Å². The number of benzene rings is 4. The van der Waals surface area contributed by atoms with Crippen LogP contribution >= 0.6 is 0 Å². The number of amides is 1. The maximum atomic E-state index is 12.9. The number of methoxy groups -OCH3 is 2. The predicted molar refractivity (Wildman–Crippen MR) is 183 cm³/mol. The quantitative estimate of drug-likeness (QED) is 0.171. The molecule has 7 rings (SSSR count). The van der Waals surface area contributed by atoms with Crippen molar-refractivity contribution in [2.75, 3.05) is 19.5 Å². The van der Waals surface area contributed by atoms with Gasteiger partial charge in [0, 0.05) is 12.0 Å². The molecule has 2 aromatic heterocycles. The van der Waals surface area contributed by atoms with E-state index < -0.39 is 30.0 Å². The molecule has 0 saturated carbocycles. The molecule has 6 aromatic rings. The Hall–Kier alpha value is -5.62. The molecule has 3 heterocycles. The lowest BCUT2D eigenvalue weighted by atomic mass is 9.64. The van der Waals surface area contributed by atoms with E-state index in [4.69, 9.17) is 14.2 Å². The fourth-order valence-corrected chi connectivity index (χ4v) is 6.72. The lowest BCUT2D eigenvalue weighted by Gasteiger charge is -2.43. The van der Waals surface area contributed by atoms with Crippen LogP contribution in [0, 0.1) is 0 Å². The number of ether oxygens (including phenoxy) is 3. The van der Waals surface area contributed by atoms with E-state index in [0.29, 0.717) is 28.2 Å². The number of aliphatic hydroxyl groups excluding tert-OH is 2. The zero-order chi connectivity index (χ0) is 34.0. The van der Waals surface area contributed by atoms with Crippen molar-refractivity contribution in [3.8, 4) is 11.5 Å². The normalized spacial score (nSPS) is 18.2. The van der Waals surface area contributed by atoms with Crippen LogP contribution in [0.15, 0.2) is 122 Å². The second-order valence-corrected chi connectivity index (χ2v) is 11.8. The molecule has 4 aromatic carbocycles. The molecular weight excluding hydrogens is 622 g/mol. The van der Waals surface area contributed by atoms with Crippen LogP contribution in [-0.2, 0) is 10.2 Å². The average molecular weight is 658 g/mol. The summed E-state index contributed by atoms with van der Waals surface area (Å²) in [6.45, 7) is 0. The Morgan fingerprint density at radius 2 is 1.41 bits per heavy atom. The summed E-state index contributed by atoms with van der Waals surface area (Å²) >= 11 is 0. The van der Waals surface area contributed by atoms with Crippen LogP contribution in [0.5, 0.6) is 11.5 Å². The number of hydrogen-bond acceptors (Lipinski definition) is 9. The highest BCUT2D eigenvalue weighted by molar-refractivity contribution is 6.06. The maximum absolute atomic E-state index is 12.9. The first-order valence-electron chi connectivity index (χ1n) is 15.8. The third-order valence-electron chi connectivity index (χ3n) is 9.15. The molecule has 1 aliphatic heterocycles. The highest BCUT2D eigenvalue weighted by atomic mass is 16.5. The largest absolute Gasteiger partial charge is 0.497 e. The third kappa shape index (κ3) is 5.78. The number of nitrogens with one attached hydrogen (secondary N) is 1. The molecule has 11 nitrogen and oxygen atoms in total. The highest BCUT2D eigenvalue weighted by Gasteiger charge is 2.52. The van der Waals surface area contributed by atoms with Gasteiger partial charge in [-0.05, 0) is 53.1 Å². The van der Waals surface area contributed by atoms with Gasteiger partial charge in [-0.2, -0.15) is 0 Å². The predicted octanol–water partition coefficient (Wildman–Crippen LogP) is 5.14. The van der Waals surface area contributed by atoms with Crippen molar-refractivity contribution in [2.45, 2.75) is 36.4 Å². The van der Waals surface area contributed by atoms with Gasteiger partial charge in [-0.1, -0.05) is 72.8 Å². The van der Waals surface area contributed by atoms with Crippen molar-refractivity contribution in [3.63, 3.8) is 0 Å². The zero-order valence-corrected chi connectivity index (χ0v) is 26.9. The lowest BCUT2D eigenvalue weighted by molar-refractivity contribution is -0.0960. The zero-order valence-electron chi connectivity index (χ0n) is 26.9. The van der Waals surface area contributed by atoms with Crippen LogP contribution in [0.2, 0.25) is 0 Å². The minimum absolute atomic E-state index is 0.152. The second kappa shape index (κ2) is 13.5. The summed E-state index contributed by atoms with van der Waals surface area (Å²) in [5, 5.41) is 27.1. The van der Waals surface area contributed by atoms with Gasteiger partial charge < -0.3 is 29.7 Å². The van der Waals surface area contributed by atoms with Crippen molar-refractivity contribution in [1.29, 1.82) is 0 Å². The molecule has 0 aliphatic carbocycles. The van der Waals surface area contributed by atoms with Crippen molar-refractivity contribution in [1.82, 2.24) is 19.5 Å². The van der Waals surface area contributed by atoms with Crippen molar-refractivity contribution >= 4 is 22.9 Å². The lowest BCUT2D eigenvalue weighted by Crippen LogP contribution is -2.51. The number of carbonyl (C=O) groups excluding carboxylic acids is 1. The number of anilines is 1. The minimum Gasteiger partial charge on any atom is -0.497 e. The molecular formula is C38H35N5O6. The summed E-state index contributed by atoms with van der Waals surface area (Å²) in [5.74, 6) is 1.25. The number of rotatable bonds is 10. The SMILES string of the molecule is COc1ccc(C(c2ccccc2)(c2ccc(OC)cc2)C(O)[C@H]2O[C@@H](n3cnc4c(NC(=O)c5ccccc5)ncnc43)C[C@@H]2O)cc1. The van der Waals surface area contributed by atoms with Gasteiger partial charge in [0.2, 0.25) is 0 Å². The number of carbonyl (C=O) groups is 1. The fraction of sp³-hybridized carbons (Fsp3) is 0.211. The summed E-state index contributed by atoms with van der Waals surface area (Å²) in [4.78, 5) is 26.1. The van der Waals surface area contributed by atoms with Crippen LogP contribution in [0.4, 0.5) is 5.82 Å². The third-order valence-corrected chi connectivity index (χ3v) is 9.15. The van der Waals surface area contributed by atoms with Gasteiger partial charge in [0.05, 0.1) is 32.1 Å². The van der Waals surface area contributed by atoms with Crippen molar-refractivity contribution in [3.05, 3.63) is 144 Å². The number of aromatic nitrogens is 4. The van der Waals surface area contributed by atoms with Crippen LogP contribution in [-0.4, -0.2) is 68.2 Å².